The largest absolute Gasteiger partial charge is 0.351 e. The Bertz CT molecular complexity index is 622. The summed E-state index contributed by atoms with van der Waals surface area (Å²) >= 11 is 2.63. The maximum absolute atomic E-state index is 12.3. The molecule has 3 amide bonds. The molecule has 0 aromatic heterocycles. The van der Waals surface area contributed by atoms with E-state index < -0.39 is 0 Å². The molecule has 2 unspecified atom stereocenters. The second-order valence-electron chi connectivity index (χ2n) is 6.32. The molecular formula is C18H22N2O3S2. The molecule has 1 aliphatic heterocycles. The minimum atomic E-state index is -0.188. The lowest BCUT2D eigenvalue weighted by Crippen LogP contribution is -2.55. The van der Waals surface area contributed by atoms with Crippen molar-refractivity contribution in [3.63, 3.8) is 0 Å². The third-order valence-electron chi connectivity index (χ3n) is 4.54. The molecule has 7 heteroatoms. The lowest BCUT2D eigenvalue weighted by atomic mass is 9.89. The fraction of sp³-hybridized carbons (Fsp3) is 0.500. The van der Waals surface area contributed by atoms with E-state index in [1.54, 1.807) is 11.8 Å². The molecule has 5 nitrogen and oxygen atoms in total. The Morgan fingerprint density at radius 1 is 1.20 bits per heavy atom. The van der Waals surface area contributed by atoms with Crippen LogP contribution in [0.3, 0.4) is 0 Å². The highest BCUT2D eigenvalue weighted by Gasteiger charge is 2.41. The van der Waals surface area contributed by atoms with Crippen molar-refractivity contribution in [1.29, 1.82) is 0 Å². The van der Waals surface area contributed by atoms with Crippen LogP contribution in [0.5, 0.6) is 0 Å². The van der Waals surface area contributed by atoms with Crippen molar-refractivity contribution < 1.29 is 14.4 Å². The predicted molar refractivity (Wildman–Crippen MR) is 101 cm³/mol. The van der Waals surface area contributed by atoms with Gasteiger partial charge in [0.2, 0.25) is 11.8 Å². The van der Waals surface area contributed by atoms with Gasteiger partial charge in [-0.25, -0.2) is 0 Å². The van der Waals surface area contributed by atoms with E-state index in [2.05, 4.69) is 5.32 Å². The van der Waals surface area contributed by atoms with E-state index >= 15 is 0 Å². The van der Waals surface area contributed by atoms with Gasteiger partial charge in [-0.3, -0.25) is 19.3 Å². The summed E-state index contributed by atoms with van der Waals surface area (Å²) < 4.78 is 0. The Hall–Kier alpha value is -1.47. The monoisotopic (exact) mass is 378 g/mol. The zero-order chi connectivity index (χ0) is 17.6. The molecule has 134 valence electrons. The summed E-state index contributed by atoms with van der Waals surface area (Å²) in [5.74, 6) is 1.25. The van der Waals surface area contributed by atoms with Crippen LogP contribution in [0.4, 0.5) is 4.79 Å². The number of thioether (sulfide) groups is 2. The van der Waals surface area contributed by atoms with Gasteiger partial charge in [0.25, 0.3) is 5.24 Å². The second kappa shape index (κ2) is 8.76. The number of amides is 3. The lowest BCUT2D eigenvalue weighted by molar-refractivity contribution is -0.128. The number of benzene rings is 1. The SMILES string of the molecule is O=C(CSCc1ccccc1)NC1CCCCC1N1C(=O)CSC1=O. The first-order chi connectivity index (χ1) is 12.1. The van der Waals surface area contributed by atoms with Crippen LogP contribution in [0.25, 0.3) is 0 Å². The average Bonchev–Trinajstić information content (AvgIpc) is 2.95. The Morgan fingerprint density at radius 2 is 1.96 bits per heavy atom. The van der Waals surface area contributed by atoms with Crippen LogP contribution in [0.1, 0.15) is 31.2 Å². The highest BCUT2D eigenvalue weighted by molar-refractivity contribution is 8.14. The second-order valence-corrected chi connectivity index (χ2v) is 8.23. The van der Waals surface area contributed by atoms with Crippen LogP contribution in [0.2, 0.25) is 0 Å². The summed E-state index contributed by atoms with van der Waals surface area (Å²) in [6.45, 7) is 0. The quantitative estimate of drug-likeness (QED) is 0.824. The van der Waals surface area contributed by atoms with Gasteiger partial charge in [0, 0.05) is 11.8 Å². The standard InChI is InChI=1S/C18H22N2O3S2/c21-16(11-24-10-13-6-2-1-3-7-13)19-14-8-4-5-9-15(14)20-17(22)12-25-18(20)23/h1-3,6-7,14-15H,4-5,8-12H2,(H,19,21). The molecule has 1 N–H and O–H groups in total. The fourth-order valence-electron chi connectivity index (χ4n) is 3.36. The predicted octanol–water partition coefficient (Wildman–Crippen LogP) is 3.04. The first kappa shape index (κ1) is 18.3. The smallest absolute Gasteiger partial charge is 0.289 e. The van der Waals surface area contributed by atoms with E-state index in [4.69, 9.17) is 0 Å². The zero-order valence-electron chi connectivity index (χ0n) is 14.0. The molecule has 2 aliphatic rings. The zero-order valence-corrected chi connectivity index (χ0v) is 15.6. The molecule has 2 atom stereocenters. The van der Waals surface area contributed by atoms with E-state index in [-0.39, 0.29) is 34.9 Å². The Labute approximate surface area is 156 Å². The summed E-state index contributed by atoms with van der Waals surface area (Å²) in [5, 5.41) is 2.89. The number of carbonyl (C=O) groups is 3. The van der Waals surface area contributed by atoms with Gasteiger partial charge >= 0.3 is 0 Å². The molecule has 1 aliphatic carbocycles. The Morgan fingerprint density at radius 3 is 2.68 bits per heavy atom. The third kappa shape index (κ3) is 4.79. The van der Waals surface area contributed by atoms with Crippen molar-refractivity contribution in [1.82, 2.24) is 10.2 Å². The van der Waals surface area contributed by atoms with Crippen molar-refractivity contribution in [3.05, 3.63) is 35.9 Å². The number of nitrogens with one attached hydrogen (secondary N) is 1. The molecule has 0 bridgehead atoms. The Balaban J connectivity index is 1.51. The molecule has 25 heavy (non-hydrogen) atoms. The first-order valence-corrected chi connectivity index (χ1v) is 10.7. The van der Waals surface area contributed by atoms with Crippen LogP contribution < -0.4 is 5.32 Å². The number of imide groups is 1. The highest BCUT2D eigenvalue weighted by Crippen LogP contribution is 2.30. The van der Waals surface area contributed by atoms with Gasteiger partial charge in [-0.2, -0.15) is 0 Å². The van der Waals surface area contributed by atoms with Crippen molar-refractivity contribution in [2.75, 3.05) is 11.5 Å². The van der Waals surface area contributed by atoms with Crippen LogP contribution in [-0.2, 0) is 15.3 Å². The fourth-order valence-corrected chi connectivity index (χ4v) is 4.92. The summed E-state index contributed by atoms with van der Waals surface area (Å²) in [4.78, 5) is 37.7. The van der Waals surface area contributed by atoms with E-state index in [1.807, 2.05) is 30.3 Å². The van der Waals surface area contributed by atoms with E-state index in [9.17, 15) is 14.4 Å². The van der Waals surface area contributed by atoms with Gasteiger partial charge in [-0.1, -0.05) is 54.9 Å². The number of hydrogen-bond acceptors (Lipinski definition) is 5. The summed E-state index contributed by atoms with van der Waals surface area (Å²) in [6.07, 6.45) is 3.60. The number of rotatable bonds is 6. The number of carbonyl (C=O) groups excluding carboxylic acids is 3. The van der Waals surface area contributed by atoms with Gasteiger partial charge in [0.05, 0.1) is 17.5 Å². The minimum absolute atomic E-state index is 0.0235. The maximum Gasteiger partial charge on any atom is 0.289 e. The minimum Gasteiger partial charge on any atom is -0.351 e. The molecular weight excluding hydrogens is 356 g/mol. The van der Waals surface area contributed by atoms with Crippen molar-refractivity contribution in [2.45, 2.75) is 43.5 Å². The molecule has 1 aromatic carbocycles. The average molecular weight is 379 g/mol. The molecule has 0 spiro atoms. The Kier molecular flexibility index (Phi) is 6.42. The first-order valence-electron chi connectivity index (χ1n) is 8.55. The van der Waals surface area contributed by atoms with E-state index in [0.29, 0.717) is 5.75 Å². The molecule has 1 heterocycles. The van der Waals surface area contributed by atoms with Gasteiger partial charge in [0.1, 0.15) is 0 Å². The van der Waals surface area contributed by atoms with Crippen LogP contribution in [0, 0.1) is 0 Å². The molecule has 1 aromatic rings. The molecule has 3 rings (SSSR count). The van der Waals surface area contributed by atoms with Gasteiger partial charge in [-0.05, 0) is 18.4 Å². The number of hydrogen-bond donors (Lipinski definition) is 1. The van der Waals surface area contributed by atoms with Crippen molar-refractivity contribution in [2.24, 2.45) is 0 Å². The summed E-state index contributed by atoms with van der Waals surface area (Å²) in [5.41, 5.74) is 1.20. The summed E-state index contributed by atoms with van der Waals surface area (Å²) in [7, 11) is 0. The normalized spacial score (nSPS) is 23.8. The third-order valence-corrected chi connectivity index (χ3v) is 6.38. The van der Waals surface area contributed by atoms with Gasteiger partial charge in [0.15, 0.2) is 0 Å². The van der Waals surface area contributed by atoms with Crippen molar-refractivity contribution >= 4 is 40.6 Å². The van der Waals surface area contributed by atoms with Gasteiger partial charge < -0.3 is 5.32 Å². The molecule has 2 fully saturated rings. The van der Waals surface area contributed by atoms with Crippen LogP contribution in [0.15, 0.2) is 30.3 Å². The summed E-state index contributed by atoms with van der Waals surface area (Å²) in [6, 6.07) is 9.74. The molecule has 1 saturated carbocycles. The topological polar surface area (TPSA) is 66.5 Å². The van der Waals surface area contributed by atoms with E-state index in [1.165, 1.54) is 10.5 Å². The van der Waals surface area contributed by atoms with E-state index in [0.717, 1.165) is 43.2 Å². The van der Waals surface area contributed by atoms with Crippen molar-refractivity contribution in [3.8, 4) is 0 Å². The molecule has 0 radical (unpaired) electrons. The van der Waals surface area contributed by atoms with Crippen LogP contribution in [-0.4, -0.2) is 45.5 Å². The van der Waals surface area contributed by atoms with Gasteiger partial charge in [-0.15, -0.1) is 11.8 Å². The maximum atomic E-state index is 12.3. The van der Waals surface area contributed by atoms with Crippen LogP contribution >= 0.6 is 23.5 Å². The lowest BCUT2D eigenvalue weighted by Gasteiger charge is -2.36. The number of nitrogens with zero attached hydrogens (tertiary/aromatic N) is 1. The molecule has 1 saturated heterocycles. The highest BCUT2D eigenvalue weighted by atomic mass is 32.2.